The van der Waals surface area contributed by atoms with Crippen LogP contribution in [0.25, 0.3) is 5.57 Å². The lowest BCUT2D eigenvalue weighted by atomic mass is 9.95. The molecule has 2 amide bonds. The van der Waals surface area contributed by atoms with Crippen molar-refractivity contribution in [1.29, 1.82) is 0 Å². The molecule has 150 valence electrons. The summed E-state index contributed by atoms with van der Waals surface area (Å²) in [7, 11) is 0. The van der Waals surface area contributed by atoms with Gasteiger partial charge in [0.15, 0.2) is 0 Å². The number of fused-ring (bicyclic) bond motifs is 1. The van der Waals surface area contributed by atoms with Crippen molar-refractivity contribution in [2.75, 3.05) is 24.2 Å². The first-order valence-electron chi connectivity index (χ1n) is 9.40. The van der Waals surface area contributed by atoms with E-state index in [0.29, 0.717) is 25.2 Å². The Morgan fingerprint density at radius 3 is 2.82 bits per heavy atom. The number of benzene rings is 1. The molecule has 3 N–H and O–H groups in total. The molecule has 1 fully saturated rings. The minimum absolute atomic E-state index is 0.0505. The molecule has 0 spiro atoms. The third kappa shape index (κ3) is 3.94. The minimum Gasteiger partial charge on any atom is -0.367 e. The van der Waals surface area contributed by atoms with Crippen LogP contribution in [0.3, 0.4) is 0 Å². The first-order chi connectivity index (χ1) is 13.3. The van der Waals surface area contributed by atoms with Crippen molar-refractivity contribution in [3.63, 3.8) is 0 Å². The second kappa shape index (κ2) is 8.39. The number of anilines is 1. The molecule has 0 radical (unpaired) electrons. The summed E-state index contributed by atoms with van der Waals surface area (Å²) < 4.78 is 15.1. The van der Waals surface area contributed by atoms with Gasteiger partial charge >= 0.3 is 0 Å². The molecule has 1 aromatic carbocycles. The molecule has 1 aliphatic carbocycles. The van der Waals surface area contributed by atoms with E-state index < -0.39 is 11.7 Å². The van der Waals surface area contributed by atoms with Gasteiger partial charge in [-0.15, -0.1) is 11.8 Å². The maximum absolute atomic E-state index is 15.1. The van der Waals surface area contributed by atoms with E-state index in [1.165, 1.54) is 23.9 Å². The number of rotatable bonds is 5. The number of hydrogen-bond donors (Lipinski definition) is 2. The van der Waals surface area contributed by atoms with E-state index in [0.717, 1.165) is 35.1 Å². The molecule has 1 aliphatic heterocycles. The maximum Gasteiger partial charge on any atom is 0.249 e. The van der Waals surface area contributed by atoms with E-state index >= 15 is 4.39 Å². The monoisotopic (exact) mass is 403 g/mol. The lowest BCUT2D eigenvalue weighted by molar-refractivity contribution is -0.117. The number of nitrogens with two attached hydrogens (primary N) is 1. The van der Waals surface area contributed by atoms with Crippen LogP contribution in [0.5, 0.6) is 0 Å². The third-order valence-electron chi connectivity index (χ3n) is 5.52. The normalized spacial score (nSPS) is 19.3. The zero-order valence-electron chi connectivity index (χ0n) is 16.5. The first-order valence-corrected chi connectivity index (χ1v) is 10.7. The molecular weight excluding hydrogens is 377 g/mol. The third-order valence-corrected chi connectivity index (χ3v) is 5.93. The lowest BCUT2D eigenvalue weighted by Crippen LogP contribution is -2.48. The zero-order valence-corrected chi connectivity index (χ0v) is 17.3. The van der Waals surface area contributed by atoms with Crippen LogP contribution >= 0.6 is 11.8 Å². The van der Waals surface area contributed by atoms with Crippen LogP contribution in [0.1, 0.15) is 48.2 Å². The number of nitrogens with one attached hydrogen (secondary N) is 1. The Kier molecular flexibility index (Phi) is 6.13. The van der Waals surface area contributed by atoms with E-state index in [2.05, 4.69) is 5.32 Å². The minimum atomic E-state index is -0.603. The molecule has 1 aromatic rings. The summed E-state index contributed by atoms with van der Waals surface area (Å²) in [5.74, 6) is -1.17. The number of piperidine rings is 1. The number of carbonyl (C=O) groups excluding carboxylic acids is 2. The Labute approximate surface area is 169 Å². The van der Waals surface area contributed by atoms with E-state index in [4.69, 9.17) is 5.73 Å². The maximum atomic E-state index is 15.1. The van der Waals surface area contributed by atoms with Gasteiger partial charge in [0.05, 0.1) is 5.69 Å². The van der Waals surface area contributed by atoms with Crippen LogP contribution in [0.4, 0.5) is 10.1 Å². The summed E-state index contributed by atoms with van der Waals surface area (Å²) in [6, 6.07) is 1.22. The van der Waals surface area contributed by atoms with E-state index in [1.54, 1.807) is 5.41 Å². The van der Waals surface area contributed by atoms with Crippen LogP contribution in [0, 0.1) is 5.82 Å². The van der Waals surface area contributed by atoms with Gasteiger partial charge < -0.3 is 16.0 Å². The average molecular weight is 404 g/mol. The van der Waals surface area contributed by atoms with Crippen molar-refractivity contribution in [3.8, 4) is 0 Å². The molecule has 0 unspecified atom stereocenters. The van der Waals surface area contributed by atoms with Gasteiger partial charge in [0.1, 0.15) is 5.82 Å². The van der Waals surface area contributed by atoms with Crippen molar-refractivity contribution in [2.45, 2.75) is 39.2 Å². The number of hydrogen-bond acceptors (Lipinski definition) is 4. The number of amides is 2. The topological polar surface area (TPSA) is 75.4 Å². The highest BCUT2D eigenvalue weighted by atomic mass is 32.2. The first kappa shape index (κ1) is 20.5. The smallest absolute Gasteiger partial charge is 0.249 e. The Morgan fingerprint density at radius 2 is 2.14 bits per heavy atom. The summed E-state index contributed by atoms with van der Waals surface area (Å²) >= 11 is 1.46. The fourth-order valence-electron chi connectivity index (χ4n) is 4.08. The lowest BCUT2D eigenvalue weighted by Gasteiger charge is -2.36. The molecule has 28 heavy (non-hydrogen) atoms. The molecule has 5 nitrogen and oxygen atoms in total. The zero-order chi connectivity index (χ0) is 20.4. The van der Waals surface area contributed by atoms with Crippen LogP contribution in [0.15, 0.2) is 23.1 Å². The number of carbonyl (C=O) groups is 2. The highest BCUT2D eigenvalue weighted by Crippen LogP contribution is 2.43. The number of nitrogens with zero attached hydrogens (tertiary/aromatic N) is 1. The fourth-order valence-corrected chi connectivity index (χ4v) is 4.34. The molecule has 0 saturated carbocycles. The van der Waals surface area contributed by atoms with E-state index in [1.807, 2.05) is 25.0 Å². The Balaban J connectivity index is 1.93. The SMILES string of the molecule is CSC=CC(=O)N[C@H]1CCCN(c2c(F)cc(C(N)=O)c3c2C(C)=C(C)C3)C1. The van der Waals surface area contributed by atoms with Gasteiger partial charge in [-0.05, 0) is 62.0 Å². The van der Waals surface area contributed by atoms with Crippen LogP contribution in [-0.2, 0) is 11.2 Å². The second-order valence-corrected chi connectivity index (χ2v) is 8.13. The summed E-state index contributed by atoms with van der Waals surface area (Å²) in [5, 5.41) is 4.74. The quantitative estimate of drug-likeness (QED) is 0.740. The molecule has 7 heteroatoms. The molecule has 0 bridgehead atoms. The Hall–Kier alpha value is -2.28. The standard InChI is InChI=1S/C21H26FN3O2S/c1-12-9-15-16(21(23)27)10-17(22)20(19(15)13(12)2)25-7-4-5-14(11-25)24-18(26)6-8-28-3/h6,8,10,14H,4-5,7,9,11H2,1-3H3,(H2,23,27)(H,24,26)/t14-/m0/s1. The van der Waals surface area contributed by atoms with E-state index in [-0.39, 0.29) is 17.5 Å². The molecule has 2 aliphatic rings. The molecule has 1 heterocycles. The summed E-state index contributed by atoms with van der Waals surface area (Å²) in [5.41, 5.74) is 10.0. The molecule has 1 atom stereocenters. The van der Waals surface area contributed by atoms with E-state index in [9.17, 15) is 9.59 Å². The van der Waals surface area contributed by atoms with Gasteiger partial charge in [0.2, 0.25) is 11.8 Å². The van der Waals surface area contributed by atoms with Gasteiger partial charge in [0, 0.05) is 36.3 Å². The van der Waals surface area contributed by atoms with Crippen molar-refractivity contribution >= 4 is 34.8 Å². The largest absolute Gasteiger partial charge is 0.367 e. The number of thioether (sulfide) groups is 1. The molecule has 0 aromatic heterocycles. The number of primary amides is 1. The van der Waals surface area contributed by atoms with Crippen LogP contribution in [-0.4, -0.2) is 37.2 Å². The fraction of sp³-hybridized carbons (Fsp3) is 0.429. The van der Waals surface area contributed by atoms with Crippen LogP contribution in [0.2, 0.25) is 0 Å². The predicted octanol–water partition coefficient (Wildman–Crippen LogP) is 3.24. The van der Waals surface area contributed by atoms with Gasteiger partial charge in [-0.25, -0.2) is 4.39 Å². The van der Waals surface area contributed by atoms with Gasteiger partial charge in [-0.1, -0.05) is 5.57 Å². The number of allylic oxidation sites excluding steroid dienone is 2. The summed E-state index contributed by atoms with van der Waals surface area (Å²) in [6.07, 6.45) is 5.72. The summed E-state index contributed by atoms with van der Waals surface area (Å²) in [4.78, 5) is 25.9. The van der Waals surface area contributed by atoms with Crippen molar-refractivity contribution < 1.29 is 14.0 Å². The van der Waals surface area contributed by atoms with Gasteiger partial charge in [0.25, 0.3) is 0 Å². The number of halogens is 1. The van der Waals surface area contributed by atoms with Gasteiger partial charge in [-0.3, -0.25) is 9.59 Å². The Morgan fingerprint density at radius 1 is 1.39 bits per heavy atom. The molecular formula is C21H26FN3O2S. The van der Waals surface area contributed by atoms with Crippen LogP contribution < -0.4 is 16.0 Å². The molecule has 1 saturated heterocycles. The van der Waals surface area contributed by atoms with Crippen molar-refractivity contribution in [2.24, 2.45) is 5.73 Å². The average Bonchev–Trinajstić information content (AvgIpc) is 2.94. The van der Waals surface area contributed by atoms with Crippen molar-refractivity contribution in [1.82, 2.24) is 5.32 Å². The highest BCUT2D eigenvalue weighted by Gasteiger charge is 2.31. The van der Waals surface area contributed by atoms with Crippen molar-refractivity contribution in [3.05, 3.63) is 45.6 Å². The highest BCUT2D eigenvalue weighted by molar-refractivity contribution is 8.01. The predicted molar refractivity (Wildman–Crippen MR) is 113 cm³/mol. The summed E-state index contributed by atoms with van der Waals surface area (Å²) in [6.45, 7) is 5.20. The van der Waals surface area contributed by atoms with Gasteiger partial charge in [-0.2, -0.15) is 0 Å². The second-order valence-electron chi connectivity index (χ2n) is 7.39. The molecule has 3 rings (SSSR count). The Bertz CT molecular complexity index is 879.